The highest BCUT2D eigenvalue weighted by molar-refractivity contribution is 8.00. The van der Waals surface area contributed by atoms with E-state index in [1.165, 1.54) is 31.2 Å². The number of aryl methyl sites for hydroxylation is 1. The third-order valence-electron chi connectivity index (χ3n) is 7.35. The Hall–Kier alpha value is -3.78. The van der Waals surface area contributed by atoms with Gasteiger partial charge in [0.2, 0.25) is 0 Å². The fraction of sp³-hybridized carbons (Fsp3) is 0.176. The van der Waals surface area contributed by atoms with E-state index in [-0.39, 0.29) is 6.04 Å². The first kappa shape index (κ1) is 27.4. The number of hydrogen-bond acceptors (Lipinski definition) is 5. The lowest BCUT2D eigenvalue weighted by Gasteiger charge is -2.16. The van der Waals surface area contributed by atoms with E-state index in [1.54, 1.807) is 37.7 Å². The first-order chi connectivity index (χ1) is 20.1. The normalized spacial score (nSPS) is 12.2. The fourth-order valence-corrected chi connectivity index (χ4v) is 7.38. The molecule has 0 spiro atoms. The van der Waals surface area contributed by atoms with E-state index >= 15 is 0 Å². The molecule has 0 aliphatic heterocycles. The molecule has 2 heterocycles. The first-order valence-corrected chi connectivity index (χ1v) is 15.3. The van der Waals surface area contributed by atoms with E-state index in [2.05, 4.69) is 89.1 Å². The Morgan fingerprint density at radius 2 is 1.41 bits per heavy atom. The molecular formula is C34H33N3O2S2. The van der Waals surface area contributed by atoms with Crippen LogP contribution in [-0.4, -0.2) is 30.2 Å². The van der Waals surface area contributed by atoms with Gasteiger partial charge in [0.25, 0.3) is 0 Å². The largest absolute Gasteiger partial charge is 0.497 e. The summed E-state index contributed by atoms with van der Waals surface area (Å²) in [6.45, 7) is 0. The number of fused-ring (bicyclic) bond motifs is 2. The Balaban J connectivity index is 1.15. The molecule has 0 radical (unpaired) electrons. The molecule has 0 aliphatic carbocycles. The molecule has 0 aliphatic rings. The molecule has 1 unspecified atom stereocenters. The monoisotopic (exact) mass is 579 g/mol. The Morgan fingerprint density at radius 1 is 0.707 bits per heavy atom. The van der Waals surface area contributed by atoms with E-state index in [1.807, 2.05) is 18.2 Å². The number of rotatable bonds is 11. The average Bonchev–Trinajstić information content (AvgIpc) is 3.61. The molecule has 1 atom stereocenters. The lowest BCUT2D eigenvalue weighted by Crippen LogP contribution is -2.23. The summed E-state index contributed by atoms with van der Waals surface area (Å²) in [5, 5.41) is 2.28. The van der Waals surface area contributed by atoms with Gasteiger partial charge in [-0.2, -0.15) is 0 Å². The Labute approximate surface area is 248 Å². The molecule has 0 amide bonds. The number of aromatic amines is 2. The molecule has 4 N–H and O–H groups in total. The number of ether oxygens (including phenoxy) is 2. The number of hydrogen-bond donors (Lipinski definition) is 3. The highest BCUT2D eigenvalue weighted by Gasteiger charge is 2.15. The van der Waals surface area contributed by atoms with Gasteiger partial charge >= 0.3 is 0 Å². The minimum absolute atomic E-state index is 0.0460. The van der Waals surface area contributed by atoms with Crippen LogP contribution < -0.4 is 15.2 Å². The standard InChI is InChI=1S/C34H33N3O2S2/c1-38-25-16-17-27-26(19-25)32(20-36-27)40-30-12-5-3-8-22(30)14-15-24(35)18-23-9-4-6-13-31(23)41-33-21-37-28-10-7-11-29(39-2)34(28)33/h3-13,16-17,19-21,24,36-37H,14-15,18,35H2,1-2H3. The van der Waals surface area contributed by atoms with Crippen molar-refractivity contribution < 1.29 is 9.47 Å². The van der Waals surface area contributed by atoms with Crippen LogP contribution in [0.25, 0.3) is 21.8 Å². The van der Waals surface area contributed by atoms with E-state index in [0.29, 0.717) is 0 Å². The van der Waals surface area contributed by atoms with Crippen molar-refractivity contribution in [3.05, 3.63) is 108 Å². The second-order valence-electron chi connectivity index (χ2n) is 10.0. The summed E-state index contributed by atoms with van der Waals surface area (Å²) >= 11 is 3.55. The molecule has 0 saturated heterocycles. The van der Waals surface area contributed by atoms with Crippen molar-refractivity contribution in [2.24, 2.45) is 5.73 Å². The minimum Gasteiger partial charge on any atom is -0.497 e. The zero-order valence-electron chi connectivity index (χ0n) is 23.1. The predicted molar refractivity (Wildman–Crippen MR) is 171 cm³/mol. The van der Waals surface area contributed by atoms with Crippen molar-refractivity contribution >= 4 is 45.3 Å². The van der Waals surface area contributed by atoms with Gasteiger partial charge < -0.3 is 25.2 Å². The summed E-state index contributed by atoms with van der Waals surface area (Å²) in [4.78, 5) is 11.6. The number of H-pyrrole nitrogens is 2. The van der Waals surface area contributed by atoms with Crippen molar-refractivity contribution in [1.82, 2.24) is 9.97 Å². The molecule has 2 aromatic heterocycles. The van der Waals surface area contributed by atoms with Gasteiger partial charge in [0.05, 0.1) is 25.1 Å². The maximum absolute atomic E-state index is 6.76. The van der Waals surface area contributed by atoms with Gasteiger partial charge in [-0.3, -0.25) is 0 Å². The van der Waals surface area contributed by atoms with Crippen LogP contribution in [0.3, 0.4) is 0 Å². The van der Waals surface area contributed by atoms with Crippen LogP contribution in [-0.2, 0) is 12.8 Å². The molecule has 5 nitrogen and oxygen atoms in total. The molecule has 0 bridgehead atoms. The number of nitrogens with one attached hydrogen (secondary N) is 2. The van der Waals surface area contributed by atoms with Crippen molar-refractivity contribution in [3.63, 3.8) is 0 Å². The van der Waals surface area contributed by atoms with Gasteiger partial charge in [-0.25, -0.2) is 0 Å². The molecular weight excluding hydrogens is 547 g/mol. The van der Waals surface area contributed by atoms with Crippen molar-refractivity contribution in [2.45, 2.75) is 44.9 Å². The average molecular weight is 580 g/mol. The van der Waals surface area contributed by atoms with Gasteiger partial charge in [-0.1, -0.05) is 66.0 Å². The van der Waals surface area contributed by atoms with Gasteiger partial charge in [-0.05, 0) is 72.9 Å². The zero-order valence-corrected chi connectivity index (χ0v) is 24.8. The van der Waals surface area contributed by atoms with Crippen molar-refractivity contribution in [1.29, 1.82) is 0 Å². The van der Waals surface area contributed by atoms with Gasteiger partial charge in [-0.15, -0.1) is 0 Å². The van der Waals surface area contributed by atoms with E-state index in [4.69, 9.17) is 15.2 Å². The lowest BCUT2D eigenvalue weighted by molar-refractivity contribution is 0.415. The quantitative estimate of drug-likeness (QED) is 0.144. The highest BCUT2D eigenvalue weighted by atomic mass is 32.2. The maximum Gasteiger partial charge on any atom is 0.129 e. The molecule has 0 fully saturated rings. The molecule has 0 saturated carbocycles. The fourth-order valence-electron chi connectivity index (χ4n) is 5.20. The topological polar surface area (TPSA) is 76.1 Å². The third-order valence-corrected chi connectivity index (χ3v) is 9.69. The Kier molecular flexibility index (Phi) is 8.28. The van der Waals surface area contributed by atoms with Crippen LogP contribution in [0.5, 0.6) is 11.5 Å². The third kappa shape index (κ3) is 5.98. The van der Waals surface area contributed by atoms with Crippen LogP contribution in [0.15, 0.2) is 117 Å². The van der Waals surface area contributed by atoms with Gasteiger partial charge in [0.1, 0.15) is 11.5 Å². The van der Waals surface area contributed by atoms with Gasteiger partial charge in [0, 0.05) is 48.9 Å². The second kappa shape index (κ2) is 12.4. The second-order valence-corrected chi connectivity index (χ2v) is 12.2. The summed E-state index contributed by atoms with van der Waals surface area (Å²) in [6.07, 6.45) is 6.78. The molecule has 4 aromatic carbocycles. The minimum atomic E-state index is 0.0460. The first-order valence-electron chi connectivity index (χ1n) is 13.7. The van der Waals surface area contributed by atoms with Crippen molar-refractivity contribution in [3.8, 4) is 11.5 Å². The van der Waals surface area contributed by atoms with Crippen LogP contribution >= 0.6 is 23.5 Å². The van der Waals surface area contributed by atoms with E-state index in [9.17, 15) is 0 Å². The summed E-state index contributed by atoms with van der Waals surface area (Å²) < 4.78 is 11.1. The van der Waals surface area contributed by atoms with Crippen molar-refractivity contribution in [2.75, 3.05) is 14.2 Å². The SMILES string of the molecule is COc1ccc2[nH]cc(Sc3ccccc3CCC(N)Cc3ccccc3Sc3c[nH]c4cccc(OC)c34)c2c1. The number of aromatic nitrogens is 2. The van der Waals surface area contributed by atoms with Crippen LogP contribution in [0, 0.1) is 0 Å². The zero-order chi connectivity index (χ0) is 28.2. The summed E-state index contributed by atoms with van der Waals surface area (Å²) in [7, 11) is 3.42. The molecule has 41 heavy (non-hydrogen) atoms. The van der Waals surface area contributed by atoms with E-state index < -0.39 is 0 Å². The summed E-state index contributed by atoms with van der Waals surface area (Å²) in [5.74, 6) is 1.74. The van der Waals surface area contributed by atoms with Crippen LogP contribution in [0.1, 0.15) is 17.5 Å². The maximum atomic E-state index is 6.76. The number of benzene rings is 4. The molecule has 7 heteroatoms. The highest BCUT2D eigenvalue weighted by Crippen LogP contribution is 2.40. The van der Waals surface area contributed by atoms with Crippen LogP contribution in [0.2, 0.25) is 0 Å². The Morgan fingerprint density at radius 3 is 2.22 bits per heavy atom. The molecule has 6 rings (SSSR count). The number of nitrogens with two attached hydrogens (primary N) is 1. The molecule has 208 valence electrons. The number of methoxy groups -OCH3 is 2. The van der Waals surface area contributed by atoms with Crippen LogP contribution in [0.4, 0.5) is 0 Å². The van der Waals surface area contributed by atoms with E-state index in [0.717, 1.165) is 52.1 Å². The Bertz CT molecular complexity index is 1790. The lowest BCUT2D eigenvalue weighted by atomic mass is 10.00. The smallest absolute Gasteiger partial charge is 0.129 e. The predicted octanol–water partition coefficient (Wildman–Crippen LogP) is 8.47. The summed E-state index contributed by atoms with van der Waals surface area (Å²) in [5.41, 5.74) is 11.5. The molecule has 6 aromatic rings. The van der Waals surface area contributed by atoms with Gasteiger partial charge in [0.15, 0.2) is 0 Å². The summed E-state index contributed by atoms with van der Waals surface area (Å²) in [6, 6.07) is 29.5.